The summed E-state index contributed by atoms with van der Waals surface area (Å²) in [7, 11) is 0. The number of para-hydroxylation sites is 2. The average molecular weight is 423 g/mol. The van der Waals surface area contributed by atoms with Gasteiger partial charge in [0.1, 0.15) is 29.3 Å². The molecule has 0 amide bonds. The Morgan fingerprint density at radius 3 is 2.58 bits per heavy atom. The summed E-state index contributed by atoms with van der Waals surface area (Å²) in [6.45, 7) is 8.17. The van der Waals surface area contributed by atoms with E-state index in [0.29, 0.717) is 12.3 Å². The summed E-state index contributed by atoms with van der Waals surface area (Å²) < 4.78 is 12.3. The van der Waals surface area contributed by atoms with Crippen LogP contribution in [-0.4, -0.2) is 34.1 Å². The third kappa shape index (κ3) is 4.51. The fraction of sp³-hybridized carbons (Fsp3) is 0.481. The second-order valence-corrected chi connectivity index (χ2v) is 9.84. The summed E-state index contributed by atoms with van der Waals surface area (Å²) in [5.41, 5.74) is 1.63. The van der Waals surface area contributed by atoms with Gasteiger partial charge in [-0.3, -0.25) is 0 Å². The quantitative estimate of drug-likeness (QED) is 0.624. The van der Waals surface area contributed by atoms with Crippen LogP contribution >= 0.6 is 0 Å². The molecule has 166 valence electrons. The van der Waals surface area contributed by atoms with Crippen molar-refractivity contribution in [3.63, 3.8) is 0 Å². The van der Waals surface area contributed by atoms with Crippen molar-refractivity contribution >= 4 is 0 Å². The van der Waals surface area contributed by atoms with E-state index in [2.05, 4.69) is 32.0 Å². The van der Waals surface area contributed by atoms with Gasteiger partial charge in [-0.1, -0.05) is 62.4 Å². The van der Waals surface area contributed by atoms with Crippen molar-refractivity contribution in [3.05, 3.63) is 71.8 Å². The first-order chi connectivity index (χ1) is 14.8. The maximum absolute atomic E-state index is 10.8. The third-order valence-corrected chi connectivity index (χ3v) is 6.47. The molecule has 0 radical (unpaired) electrons. The molecule has 0 bridgehead atoms. The fourth-order valence-electron chi connectivity index (χ4n) is 4.89. The van der Waals surface area contributed by atoms with Crippen LogP contribution in [0.5, 0.6) is 11.5 Å². The lowest BCUT2D eigenvalue weighted by atomic mass is 9.85. The highest BCUT2D eigenvalue weighted by atomic mass is 16.5. The van der Waals surface area contributed by atoms with Gasteiger partial charge in [-0.25, -0.2) is 0 Å². The smallest absolute Gasteiger partial charge is 0.133 e. The summed E-state index contributed by atoms with van der Waals surface area (Å²) in [6, 6.07) is 15.9. The summed E-state index contributed by atoms with van der Waals surface area (Å²) in [6.07, 6.45) is 4.01. The van der Waals surface area contributed by atoms with Crippen LogP contribution in [-0.2, 0) is 6.42 Å². The highest BCUT2D eigenvalue weighted by Gasteiger charge is 2.49. The van der Waals surface area contributed by atoms with Crippen LogP contribution in [0.25, 0.3) is 0 Å². The molecular formula is C27H34O4. The van der Waals surface area contributed by atoms with Gasteiger partial charge in [0, 0.05) is 23.8 Å². The van der Waals surface area contributed by atoms with E-state index in [1.807, 2.05) is 50.3 Å². The molecule has 1 heterocycles. The normalized spacial score (nSPS) is 26.0. The van der Waals surface area contributed by atoms with E-state index < -0.39 is 17.8 Å². The summed E-state index contributed by atoms with van der Waals surface area (Å²) >= 11 is 0. The van der Waals surface area contributed by atoms with Crippen molar-refractivity contribution in [2.45, 2.75) is 70.4 Å². The zero-order chi connectivity index (χ0) is 22.2. The lowest BCUT2D eigenvalue weighted by Gasteiger charge is -2.30. The Morgan fingerprint density at radius 2 is 1.87 bits per heavy atom. The number of fused-ring (bicyclic) bond motifs is 3. The van der Waals surface area contributed by atoms with Gasteiger partial charge in [-0.2, -0.15) is 0 Å². The second-order valence-electron chi connectivity index (χ2n) is 9.84. The van der Waals surface area contributed by atoms with Crippen molar-refractivity contribution < 1.29 is 19.7 Å². The first-order valence-corrected chi connectivity index (χ1v) is 11.3. The number of aliphatic hydroxyl groups is 2. The first kappa shape index (κ1) is 21.9. The van der Waals surface area contributed by atoms with Gasteiger partial charge in [-0.05, 0) is 43.9 Å². The number of rotatable bonds is 7. The number of ether oxygens (including phenoxy) is 2. The van der Waals surface area contributed by atoms with Gasteiger partial charge in [0.2, 0.25) is 0 Å². The molecule has 31 heavy (non-hydrogen) atoms. The van der Waals surface area contributed by atoms with Gasteiger partial charge >= 0.3 is 0 Å². The van der Waals surface area contributed by atoms with E-state index in [1.165, 1.54) is 11.1 Å². The number of benzene rings is 2. The van der Waals surface area contributed by atoms with Crippen molar-refractivity contribution in [1.29, 1.82) is 0 Å². The summed E-state index contributed by atoms with van der Waals surface area (Å²) in [5.74, 6) is 2.29. The Labute approximate surface area is 185 Å². The highest BCUT2D eigenvalue weighted by Crippen LogP contribution is 2.52. The van der Waals surface area contributed by atoms with Crippen LogP contribution < -0.4 is 9.47 Å². The number of hydrogen-bond acceptors (Lipinski definition) is 4. The molecule has 1 fully saturated rings. The minimum atomic E-state index is -0.812. The van der Waals surface area contributed by atoms with E-state index in [1.54, 1.807) is 6.08 Å². The Hall–Kier alpha value is -2.30. The van der Waals surface area contributed by atoms with Gasteiger partial charge in [0.25, 0.3) is 0 Å². The van der Waals surface area contributed by atoms with Crippen LogP contribution in [0, 0.1) is 11.8 Å². The zero-order valence-electron chi connectivity index (χ0n) is 18.9. The van der Waals surface area contributed by atoms with Crippen molar-refractivity contribution in [1.82, 2.24) is 0 Å². The van der Waals surface area contributed by atoms with Crippen LogP contribution in [0.3, 0.4) is 0 Å². The molecule has 5 atom stereocenters. The van der Waals surface area contributed by atoms with E-state index >= 15 is 0 Å². The standard InChI is InChI=1S/C27H34O4/c1-17(2)15-18-9-8-12-21-25-20(22(28)16-23(25)30-26(18)21)13-14-24(29)27(3,4)31-19-10-6-5-7-11-19/h5-14,17,20,22-25,28-29H,15-16H2,1-4H3/b14-13+/t20-,22+,23-,24+,25-/m0/s1. The molecule has 2 aromatic rings. The van der Waals surface area contributed by atoms with Crippen LogP contribution in [0.4, 0.5) is 0 Å². The minimum Gasteiger partial charge on any atom is -0.489 e. The molecular weight excluding hydrogens is 388 g/mol. The SMILES string of the molecule is CC(C)Cc1cccc2c1O[C@H]1C[C@@H](O)[C@H](/C=C/[C@@H](O)C(C)(C)Oc3ccccc3)[C@@H]21. The molecule has 4 nitrogen and oxygen atoms in total. The molecule has 1 aliphatic carbocycles. The molecule has 1 saturated carbocycles. The highest BCUT2D eigenvalue weighted by molar-refractivity contribution is 5.49. The monoisotopic (exact) mass is 422 g/mol. The fourth-order valence-corrected chi connectivity index (χ4v) is 4.89. The molecule has 0 unspecified atom stereocenters. The molecule has 1 aliphatic heterocycles. The maximum atomic E-state index is 10.8. The molecule has 4 heteroatoms. The number of aliphatic hydroxyl groups excluding tert-OH is 2. The largest absolute Gasteiger partial charge is 0.489 e. The second kappa shape index (κ2) is 8.68. The Morgan fingerprint density at radius 1 is 1.13 bits per heavy atom. The van der Waals surface area contributed by atoms with Gasteiger partial charge < -0.3 is 19.7 Å². The lowest BCUT2D eigenvalue weighted by molar-refractivity contribution is -0.00221. The van der Waals surface area contributed by atoms with E-state index in [9.17, 15) is 10.2 Å². The van der Waals surface area contributed by atoms with Crippen molar-refractivity contribution in [2.75, 3.05) is 0 Å². The Kier molecular flexibility index (Phi) is 6.14. The third-order valence-electron chi connectivity index (χ3n) is 6.47. The Bertz CT molecular complexity index is 918. The van der Waals surface area contributed by atoms with Crippen LogP contribution in [0.15, 0.2) is 60.7 Å². The molecule has 0 saturated heterocycles. The predicted molar refractivity (Wildman–Crippen MR) is 123 cm³/mol. The van der Waals surface area contributed by atoms with Gasteiger partial charge in [0.15, 0.2) is 0 Å². The van der Waals surface area contributed by atoms with Gasteiger partial charge in [-0.15, -0.1) is 0 Å². The van der Waals surface area contributed by atoms with E-state index in [4.69, 9.17) is 9.47 Å². The predicted octanol–water partition coefficient (Wildman–Crippen LogP) is 4.89. The van der Waals surface area contributed by atoms with Gasteiger partial charge in [0.05, 0.1) is 6.10 Å². The molecule has 4 rings (SSSR count). The number of hydrogen-bond donors (Lipinski definition) is 2. The van der Waals surface area contributed by atoms with Crippen molar-refractivity contribution in [2.24, 2.45) is 11.8 Å². The molecule has 2 N–H and O–H groups in total. The average Bonchev–Trinajstić information content (AvgIpc) is 3.21. The molecule has 2 aromatic carbocycles. The topological polar surface area (TPSA) is 58.9 Å². The van der Waals surface area contributed by atoms with Crippen LogP contribution in [0.2, 0.25) is 0 Å². The van der Waals surface area contributed by atoms with E-state index in [-0.39, 0.29) is 17.9 Å². The Balaban J connectivity index is 1.52. The maximum Gasteiger partial charge on any atom is 0.133 e. The lowest BCUT2D eigenvalue weighted by Crippen LogP contribution is -2.41. The minimum absolute atomic E-state index is 0.0151. The van der Waals surface area contributed by atoms with Crippen LogP contribution in [0.1, 0.15) is 51.2 Å². The summed E-state index contributed by atoms with van der Waals surface area (Å²) in [4.78, 5) is 0. The molecule has 0 spiro atoms. The molecule has 0 aromatic heterocycles. The van der Waals surface area contributed by atoms with E-state index in [0.717, 1.165) is 17.9 Å². The van der Waals surface area contributed by atoms with Crippen molar-refractivity contribution in [3.8, 4) is 11.5 Å². The summed E-state index contributed by atoms with van der Waals surface area (Å²) in [5, 5.41) is 21.6. The molecule has 2 aliphatic rings. The zero-order valence-corrected chi connectivity index (χ0v) is 18.9. The first-order valence-electron chi connectivity index (χ1n) is 11.3.